The normalized spacial score (nSPS) is 15.5. The third kappa shape index (κ3) is 2.70. The molecule has 0 spiro atoms. The first-order valence-corrected chi connectivity index (χ1v) is 7.79. The third-order valence-corrected chi connectivity index (χ3v) is 4.53. The molecule has 6 nitrogen and oxygen atoms in total. The molecular formula is C19H17NO5. The summed E-state index contributed by atoms with van der Waals surface area (Å²) in [4.78, 5) is 34.9. The maximum Gasteiger partial charge on any atom is 0.220 e. The average molecular weight is 339 g/mol. The van der Waals surface area contributed by atoms with Crippen LogP contribution in [0, 0.1) is 0 Å². The van der Waals surface area contributed by atoms with E-state index >= 15 is 0 Å². The summed E-state index contributed by atoms with van der Waals surface area (Å²) in [6.07, 6.45) is 2.30. The lowest BCUT2D eigenvalue weighted by molar-refractivity contribution is 0.109. The van der Waals surface area contributed by atoms with E-state index in [-0.39, 0.29) is 22.6 Å². The number of hydrogen-bond donors (Lipinski definition) is 2. The quantitative estimate of drug-likeness (QED) is 0.828. The summed E-state index contributed by atoms with van der Waals surface area (Å²) in [7, 11) is 1.42. The van der Waals surface area contributed by atoms with Gasteiger partial charge in [0.1, 0.15) is 5.75 Å². The molecule has 1 aliphatic rings. The van der Waals surface area contributed by atoms with Gasteiger partial charge in [-0.25, -0.2) is 0 Å². The number of aryl methyl sites for hydroxylation is 1. The first-order chi connectivity index (χ1) is 12.0. The summed E-state index contributed by atoms with van der Waals surface area (Å²) in [5.41, 5.74) is 8.69. The SMILES string of the molecule is COc1c(C=O)c(C=O)cc2c1-c1ccc(O)c(=O)cc1C(N)CC2. The standard InChI is InChI=1S/C19H17NO5/c1-25-19-14(9-22)11(8-21)6-10-2-4-15(20)13-7-17(24)16(23)5-3-12(13)18(10)19/h3,5-9,15H,2,4,20H2,1H3,(H,23,24). The van der Waals surface area contributed by atoms with Gasteiger partial charge in [0.25, 0.3) is 0 Å². The van der Waals surface area contributed by atoms with Crippen molar-refractivity contribution in [3.8, 4) is 22.6 Å². The van der Waals surface area contributed by atoms with Gasteiger partial charge in [-0.05, 0) is 47.7 Å². The molecule has 3 rings (SSSR count). The number of methoxy groups -OCH3 is 1. The first kappa shape index (κ1) is 16.9. The Labute approximate surface area is 143 Å². The average Bonchev–Trinajstić information content (AvgIpc) is 2.84. The van der Waals surface area contributed by atoms with Crippen molar-refractivity contribution in [1.82, 2.24) is 0 Å². The predicted molar refractivity (Wildman–Crippen MR) is 92.4 cm³/mol. The van der Waals surface area contributed by atoms with Gasteiger partial charge in [-0.3, -0.25) is 14.4 Å². The van der Waals surface area contributed by atoms with Crippen molar-refractivity contribution in [2.75, 3.05) is 7.11 Å². The second-order valence-corrected chi connectivity index (χ2v) is 5.92. The van der Waals surface area contributed by atoms with E-state index < -0.39 is 11.5 Å². The zero-order chi connectivity index (χ0) is 18.1. The molecule has 0 radical (unpaired) electrons. The molecule has 0 fully saturated rings. The molecule has 0 amide bonds. The van der Waals surface area contributed by atoms with Crippen molar-refractivity contribution in [3.63, 3.8) is 0 Å². The van der Waals surface area contributed by atoms with Crippen molar-refractivity contribution < 1.29 is 19.4 Å². The maximum absolute atomic E-state index is 12.0. The first-order valence-electron chi connectivity index (χ1n) is 7.79. The van der Waals surface area contributed by atoms with E-state index in [1.165, 1.54) is 19.2 Å². The van der Waals surface area contributed by atoms with E-state index in [2.05, 4.69) is 0 Å². The maximum atomic E-state index is 12.0. The third-order valence-electron chi connectivity index (χ3n) is 4.53. The van der Waals surface area contributed by atoms with E-state index in [0.29, 0.717) is 42.1 Å². The lowest BCUT2D eigenvalue weighted by Crippen LogP contribution is -2.11. The molecule has 0 saturated carbocycles. The van der Waals surface area contributed by atoms with Crippen LogP contribution in [-0.2, 0) is 6.42 Å². The lowest BCUT2D eigenvalue weighted by atomic mass is 9.92. The Hall–Kier alpha value is -2.99. The Morgan fingerprint density at radius 1 is 1.24 bits per heavy atom. The van der Waals surface area contributed by atoms with Crippen molar-refractivity contribution >= 4 is 12.6 Å². The molecule has 1 unspecified atom stereocenters. The predicted octanol–water partition coefficient (Wildman–Crippen LogP) is 2.00. The monoisotopic (exact) mass is 339 g/mol. The van der Waals surface area contributed by atoms with E-state index in [1.54, 1.807) is 12.1 Å². The zero-order valence-corrected chi connectivity index (χ0v) is 13.6. The van der Waals surface area contributed by atoms with E-state index in [1.807, 2.05) is 0 Å². The van der Waals surface area contributed by atoms with Crippen LogP contribution in [0.5, 0.6) is 11.5 Å². The molecule has 0 aliphatic heterocycles. The van der Waals surface area contributed by atoms with Crippen LogP contribution in [-0.4, -0.2) is 24.8 Å². The smallest absolute Gasteiger partial charge is 0.220 e. The molecular weight excluding hydrogens is 322 g/mol. The topological polar surface area (TPSA) is 107 Å². The van der Waals surface area contributed by atoms with Gasteiger partial charge in [0.05, 0.1) is 12.7 Å². The summed E-state index contributed by atoms with van der Waals surface area (Å²) in [5, 5.41) is 9.77. The Balaban J connectivity index is 2.49. The van der Waals surface area contributed by atoms with Gasteiger partial charge >= 0.3 is 0 Å². The molecule has 1 atom stereocenters. The fourth-order valence-corrected chi connectivity index (χ4v) is 3.31. The van der Waals surface area contributed by atoms with Crippen molar-refractivity contribution in [1.29, 1.82) is 0 Å². The van der Waals surface area contributed by atoms with Gasteiger partial charge in [-0.1, -0.05) is 6.07 Å². The molecule has 0 heterocycles. The van der Waals surface area contributed by atoms with Crippen molar-refractivity contribution in [2.24, 2.45) is 5.73 Å². The molecule has 3 N–H and O–H groups in total. The summed E-state index contributed by atoms with van der Waals surface area (Å²) in [5.74, 6) is -0.121. The number of rotatable bonds is 3. The highest BCUT2D eigenvalue weighted by Crippen LogP contribution is 2.43. The number of carbonyl (C=O) groups excluding carboxylic acids is 2. The number of nitrogens with two attached hydrogens (primary N) is 1. The highest BCUT2D eigenvalue weighted by molar-refractivity contribution is 5.98. The van der Waals surface area contributed by atoms with Gasteiger partial charge in [0.15, 0.2) is 18.3 Å². The lowest BCUT2D eigenvalue weighted by Gasteiger charge is -2.16. The van der Waals surface area contributed by atoms with Crippen LogP contribution in [0.4, 0.5) is 0 Å². The van der Waals surface area contributed by atoms with Crippen LogP contribution in [0.15, 0.2) is 29.1 Å². The summed E-state index contributed by atoms with van der Waals surface area (Å²) in [6.45, 7) is 0. The van der Waals surface area contributed by atoms with E-state index in [0.717, 1.165) is 5.56 Å². The molecule has 2 aromatic rings. The fourth-order valence-electron chi connectivity index (χ4n) is 3.31. The Kier molecular flexibility index (Phi) is 4.37. The van der Waals surface area contributed by atoms with Gasteiger partial charge in [-0.2, -0.15) is 0 Å². The highest BCUT2D eigenvalue weighted by Gasteiger charge is 2.26. The number of fused-ring (bicyclic) bond motifs is 3. The highest BCUT2D eigenvalue weighted by atomic mass is 16.5. The number of benzene rings is 1. The fraction of sp³-hybridized carbons (Fsp3) is 0.211. The van der Waals surface area contributed by atoms with Crippen LogP contribution in [0.3, 0.4) is 0 Å². The second-order valence-electron chi connectivity index (χ2n) is 5.92. The Bertz CT molecular complexity index is 936. The molecule has 25 heavy (non-hydrogen) atoms. The molecule has 0 bridgehead atoms. The minimum Gasteiger partial charge on any atom is -0.504 e. The zero-order valence-electron chi connectivity index (χ0n) is 13.6. The minimum atomic E-state index is -0.528. The Morgan fingerprint density at radius 3 is 2.64 bits per heavy atom. The van der Waals surface area contributed by atoms with Crippen molar-refractivity contribution in [2.45, 2.75) is 18.9 Å². The van der Waals surface area contributed by atoms with Gasteiger partial charge in [0, 0.05) is 17.2 Å². The van der Waals surface area contributed by atoms with E-state index in [9.17, 15) is 19.5 Å². The molecule has 0 aromatic heterocycles. The Morgan fingerprint density at radius 2 is 2.00 bits per heavy atom. The van der Waals surface area contributed by atoms with Gasteiger partial charge in [0.2, 0.25) is 5.43 Å². The number of carbonyl (C=O) groups is 2. The minimum absolute atomic E-state index is 0.149. The number of hydrogen-bond acceptors (Lipinski definition) is 6. The van der Waals surface area contributed by atoms with Crippen LogP contribution < -0.4 is 15.9 Å². The van der Waals surface area contributed by atoms with Crippen LogP contribution in [0.25, 0.3) is 11.1 Å². The number of aromatic hydroxyl groups is 1. The molecule has 0 saturated heterocycles. The summed E-state index contributed by atoms with van der Waals surface area (Å²) >= 11 is 0. The number of aldehydes is 2. The van der Waals surface area contributed by atoms with Gasteiger partial charge in [-0.15, -0.1) is 0 Å². The van der Waals surface area contributed by atoms with Crippen LogP contribution in [0.2, 0.25) is 0 Å². The molecule has 1 aliphatic carbocycles. The largest absolute Gasteiger partial charge is 0.504 e. The van der Waals surface area contributed by atoms with Crippen LogP contribution >= 0.6 is 0 Å². The van der Waals surface area contributed by atoms with Crippen molar-refractivity contribution in [3.05, 3.63) is 56.7 Å². The summed E-state index contributed by atoms with van der Waals surface area (Å²) < 4.78 is 5.44. The molecule has 6 heteroatoms. The second kappa shape index (κ2) is 6.49. The van der Waals surface area contributed by atoms with E-state index in [4.69, 9.17) is 10.5 Å². The van der Waals surface area contributed by atoms with Gasteiger partial charge < -0.3 is 15.6 Å². The molecule has 128 valence electrons. The molecule has 2 aromatic carbocycles. The number of ether oxygens (including phenoxy) is 1. The summed E-state index contributed by atoms with van der Waals surface area (Å²) in [6, 6.07) is 5.44. The van der Waals surface area contributed by atoms with Crippen LogP contribution in [0.1, 0.15) is 44.3 Å².